The van der Waals surface area contributed by atoms with E-state index in [1.165, 1.54) is 5.56 Å². The van der Waals surface area contributed by atoms with Crippen LogP contribution in [0.15, 0.2) is 72.9 Å². The summed E-state index contributed by atoms with van der Waals surface area (Å²) in [4.78, 5) is 15.1. The molecule has 4 aromatic rings. The van der Waals surface area contributed by atoms with Crippen molar-refractivity contribution >= 4 is 34.0 Å². The molecule has 0 unspecified atom stereocenters. The highest BCUT2D eigenvalue weighted by molar-refractivity contribution is 6.36. The van der Waals surface area contributed by atoms with Gasteiger partial charge in [0.25, 0.3) is 5.91 Å². The first-order valence-electron chi connectivity index (χ1n) is 10.7. The van der Waals surface area contributed by atoms with Crippen LogP contribution in [-0.2, 0) is 0 Å². The molecule has 0 spiro atoms. The summed E-state index contributed by atoms with van der Waals surface area (Å²) in [5.74, 6) is 0.524. The van der Waals surface area contributed by atoms with E-state index in [0.29, 0.717) is 35.0 Å². The minimum absolute atomic E-state index is 0.0110. The van der Waals surface area contributed by atoms with E-state index in [9.17, 15) is 9.90 Å². The average molecular weight is 446 g/mol. The first-order chi connectivity index (χ1) is 15.5. The second kappa shape index (κ2) is 8.24. The van der Waals surface area contributed by atoms with E-state index in [1.807, 2.05) is 59.6 Å². The summed E-state index contributed by atoms with van der Waals surface area (Å²) in [6, 6.07) is 20.9. The molecule has 6 heteroatoms. The molecule has 3 aromatic carbocycles. The third kappa shape index (κ3) is 3.69. The molecule has 162 valence electrons. The molecule has 1 aromatic heterocycles. The number of anilines is 1. The summed E-state index contributed by atoms with van der Waals surface area (Å²) in [5.41, 5.74) is 9.17. The first-order valence-corrected chi connectivity index (χ1v) is 11.1. The molecule has 1 fully saturated rings. The number of nitrogens with zero attached hydrogens (tertiary/aromatic N) is 2. The van der Waals surface area contributed by atoms with Crippen LogP contribution in [0.25, 0.3) is 16.5 Å². The highest BCUT2D eigenvalue weighted by atomic mass is 35.5. The van der Waals surface area contributed by atoms with Gasteiger partial charge in [0.1, 0.15) is 0 Å². The van der Waals surface area contributed by atoms with Crippen LogP contribution in [0.1, 0.15) is 34.7 Å². The standard InChI is InChI=1S/C26H24ClN3O2/c27-23-6-2-4-20-16-30(26(32)24(20)23)22-5-1-3-19(15-22)25(31)29-13-11-18(12-14-29)17-7-9-21(28)10-8-17/h1-10,15-16,18,32H,11-14,28H2. The Labute approximate surface area is 191 Å². The third-order valence-corrected chi connectivity index (χ3v) is 6.64. The molecule has 0 radical (unpaired) electrons. The van der Waals surface area contributed by atoms with Gasteiger partial charge in [0.05, 0.1) is 10.4 Å². The molecule has 1 saturated heterocycles. The number of nitrogen functional groups attached to an aromatic ring is 1. The van der Waals surface area contributed by atoms with E-state index >= 15 is 0 Å². The largest absolute Gasteiger partial charge is 0.494 e. The van der Waals surface area contributed by atoms with Gasteiger partial charge in [-0.05, 0) is 60.7 Å². The molecule has 0 aliphatic carbocycles. The fraction of sp³-hybridized carbons (Fsp3) is 0.192. The molecule has 5 nitrogen and oxygen atoms in total. The van der Waals surface area contributed by atoms with Gasteiger partial charge in [-0.3, -0.25) is 9.36 Å². The number of benzene rings is 3. The van der Waals surface area contributed by atoms with E-state index in [-0.39, 0.29) is 11.8 Å². The molecule has 3 N–H and O–H groups in total. The van der Waals surface area contributed by atoms with E-state index < -0.39 is 0 Å². The van der Waals surface area contributed by atoms with E-state index in [2.05, 4.69) is 12.1 Å². The number of carbonyl (C=O) groups is 1. The van der Waals surface area contributed by atoms with Crippen LogP contribution in [0.5, 0.6) is 5.88 Å². The Morgan fingerprint density at radius 1 is 1.00 bits per heavy atom. The lowest BCUT2D eigenvalue weighted by Gasteiger charge is -2.32. The minimum atomic E-state index is 0.0110. The summed E-state index contributed by atoms with van der Waals surface area (Å²) >= 11 is 6.27. The number of hydrogen-bond acceptors (Lipinski definition) is 3. The Hall–Kier alpha value is -3.44. The van der Waals surface area contributed by atoms with Crippen molar-refractivity contribution in [2.75, 3.05) is 18.8 Å². The van der Waals surface area contributed by atoms with Crippen LogP contribution in [-0.4, -0.2) is 33.6 Å². The van der Waals surface area contributed by atoms with Gasteiger partial charge in [0.15, 0.2) is 0 Å². The van der Waals surface area contributed by atoms with E-state index in [1.54, 1.807) is 10.6 Å². The maximum absolute atomic E-state index is 13.2. The number of aromatic nitrogens is 1. The number of likely N-dealkylation sites (tertiary alicyclic amines) is 1. The number of aromatic hydroxyl groups is 1. The lowest BCUT2D eigenvalue weighted by molar-refractivity contribution is 0.0713. The van der Waals surface area contributed by atoms with Crippen molar-refractivity contribution in [2.24, 2.45) is 0 Å². The van der Waals surface area contributed by atoms with Gasteiger partial charge in [0, 0.05) is 41.6 Å². The van der Waals surface area contributed by atoms with Gasteiger partial charge in [-0.1, -0.05) is 41.9 Å². The lowest BCUT2D eigenvalue weighted by Crippen LogP contribution is -2.37. The molecule has 0 saturated carbocycles. The number of halogens is 1. The SMILES string of the molecule is Nc1ccc(C2CCN(C(=O)c3cccc(-n4cc5cccc(Cl)c5c4O)c3)CC2)cc1. The maximum Gasteiger partial charge on any atom is 0.253 e. The van der Waals surface area contributed by atoms with Gasteiger partial charge >= 0.3 is 0 Å². The molecule has 32 heavy (non-hydrogen) atoms. The average Bonchev–Trinajstić information content (AvgIpc) is 3.17. The van der Waals surface area contributed by atoms with Crippen LogP contribution in [0, 0.1) is 0 Å². The highest BCUT2D eigenvalue weighted by Crippen LogP contribution is 2.35. The van der Waals surface area contributed by atoms with Crippen molar-refractivity contribution in [3.8, 4) is 11.6 Å². The van der Waals surface area contributed by atoms with Crippen molar-refractivity contribution in [1.29, 1.82) is 0 Å². The predicted octanol–water partition coefficient (Wildman–Crippen LogP) is 5.59. The maximum atomic E-state index is 13.2. The minimum Gasteiger partial charge on any atom is -0.494 e. The molecule has 1 aliphatic rings. The zero-order chi connectivity index (χ0) is 22.2. The number of nitrogens with two attached hydrogens (primary N) is 1. The first kappa shape index (κ1) is 20.5. The van der Waals surface area contributed by atoms with Crippen LogP contribution in [0.2, 0.25) is 5.02 Å². The zero-order valence-electron chi connectivity index (χ0n) is 17.5. The second-order valence-electron chi connectivity index (χ2n) is 8.31. The Bertz CT molecular complexity index is 1290. The Kier molecular flexibility index (Phi) is 5.27. The number of carbonyl (C=O) groups excluding carboxylic acids is 1. The van der Waals surface area contributed by atoms with Crippen LogP contribution >= 0.6 is 11.6 Å². The van der Waals surface area contributed by atoms with Gasteiger partial charge < -0.3 is 15.7 Å². The summed E-state index contributed by atoms with van der Waals surface area (Å²) < 4.78 is 1.67. The lowest BCUT2D eigenvalue weighted by atomic mass is 9.89. The molecular formula is C26H24ClN3O2. The summed E-state index contributed by atoms with van der Waals surface area (Å²) in [6.07, 6.45) is 3.69. The van der Waals surface area contributed by atoms with Crippen molar-refractivity contribution in [1.82, 2.24) is 9.47 Å². The number of amides is 1. The molecule has 1 amide bonds. The normalized spacial score (nSPS) is 14.7. The van der Waals surface area contributed by atoms with Gasteiger partial charge in [-0.2, -0.15) is 0 Å². The van der Waals surface area contributed by atoms with E-state index in [0.717, 1.165) is 29.6 Å². The molecule has 1 aliphatic heterocycles. The Morgan fingerprint density at radius 3 is 2.44 bits per heavy atom. The van der Waals surface area contributed by atoms with Gasteiger partial charge in [-0.15, -0.1) is 0 Å². The van der Waals surface area contributed by atoms with Crippen molar-refractivity contribution in [3.05, 3.63) is 89.1 Å². The van der Waals surface area contributed by atoms with E-state index in [4.69, 9.17) is 17.3 Å². The molecule has 5 rings (SSSR count). The van der Waals surface area contributed by atoms with Crippen LogP contribution < -0.4 is 5.73 Å². The van der Waals surface area contributed by atoms with Crippen LogP contribution in [0.3, 0.4) is 0 Å². The molecule has 0 bridgehead atoms. The predicted molar refractivity (Wildman–Crippen MR) is 129 cm³/mol. The van der Waals surface area contributed by atoms with Gasteiger partial charge in [0.2, 0.25) is 5.88 Å². The third-order valence-electron chi connectivity index (χ3n) is 6.33. The fourth-order valence-electron chi connectivity index (χ4n) is 4.56. The van der Waals surface area contributed by atoms with Crippen molar-refractivity contribution in [2.45, 2.75) is 18.8 Å². The topological polar surface area (TPSA) is 71.5 Å². The summed E-state index contributed by atoms with van der Waals surface area (Å²) in [7, 11) is 0. The second-order valence-corrected chi connectivity index (χ2v) is 8.72. The van der Waals surface area contributed by atoms with Crippen molar-refractivity contribution < 1.29 is 9.90 Å². The zero-order valence-corrected chi connectivity index (χ0v) is 18.3. The quantitative estimate of drug-likeness (QED) is 0.404. The summed E-state index contributed by atoms with van der Waals surface area (Å²) in [5, 5.41) is 12.7. The summed E-state index contributed by atoms with van der Waals surface area (Å²) in [6.45, 7) is 1.43. The number of hydrogen-bond donors (Lipinski definition) is 2. The molecule has 2 heterocycles. The highest BCUT2D eigenvalue weighted by Gasteiger charge is 2.25. The van der Waals surface area contributed by atoms with Gasteiger partial charge in [-0.25, -0.2) is 0 Å². The smallest absolute Gasteiger partial charge is 0.253 e. The number of fused-ring (bicyclic) bond motifs is 1. The van der Waals surface area contributed by atoms with Crippen LogP contribution in [0.4, 0.5) is 5.69 Å². The molecular weight excluding hydrogens is 422 g/mol. The molecule has 0 atom stereocenters. The Balaban J connectivity index is 1.35. The fourth-order valence-corrected chi connectivity index (χ4v) is 4.82. The number of piperidine rings is 1. The number of rotatable bonds is 3. The monoisotopic (exact) mass is 445 g/mol. The van der Waals surface area contributed by atoms with Crippen molar-refractivity contribution in [3.63, 3.8) is 0 Å². The Morgan fingerprint density at radius 2 is 1.72 bits per heavy atom.